The molecule has 0 aromatic heterocycles. The molecule has 1 amide bonds. The number of rotatable bonds is 4. The Kier molecular flexibility index (Phi) is 6.54. The van der Waals surface area contributed by atoms with E-state index in [-0.39, 0.29) is 23.7 Å². The van der Waals surface area contributed by atoms with E-state index in [9.17, 15) is 4.79 Å². The maximum absolute atomic E-state index is 12.5. The zero-order chi connectivity index (χ0) is 16.3. The van der Waals surface area contributed by atoms with Gasteiger partial charge in [0.15, 0.2) is 0 Å². The zero-order valence-electron chi connectivity index (χ0n) is 13.9. The Morgan fingerprint density at radius 3 is 2.29 bits per heavy atom. The van der Waals surface area contributed by atoms with Crippen LogP contribution in [0.4, 0.5) is 0 Å². The van der Waals surface area contributed by atoms with Crippen molar-refractivity contribution >= 4 is 29.9 Å². The van der Waals surface area contributed by atoms with Gasteiger partial charge in [-0.3, -0.25) is 4.79 Å². The molecule has 1 heterocycles. The molecule has 24 heavy (non-hydrogen) atoms. The van der Waals surface area contributed by atoms with Crippen molar-refractivity contribution < 1.29 is 9.53 Å². The normalized spacial score (nSPS) is 21.8. The summed E-state index contributed by atoms with van der Waals surface area (Å²) in [6.07, 6.45) is 5.45. The fraction of sp³-hybridized carbons (Fsp3) is 0.611. The maximum Gasteiger partial charge on any atom is 0.240 e. The average Bonchev–Trinajstić information content (AvgIpc) is 3.02. The molecule has 1 aliphatic carbocycles. The van der Waals surface area contributed by atoms with E-state index in [4.69, 9.17) is 22.1 Å². The molecule has 0 atom stereocenters. The van der Waals surface area contributed by atoms with Gasteiger partial charge in [-0.15, -0.1) is 12.4 Å². The lowest BCUT2D eigenvalue weighted by Gasteiger charge is -2.38. The number of carbonyl (C=O) groups is 1. The quantitative estimate of drug-likeness (QED) is 0.852. The predicted octanol–water partition coefficient (Wildman–Crippen LogP) is 3.20. The van der Waals surface area contributed by atoms with Crippen molar-refractivity contribution in [3.05, 3.63) is 34.9 Å². The molecule has 2 aliphatic rings. The Morgan fingerprint density at radius 2 is 1.71 bits per heavy atom. The van der Waals surface area contributed by atoms with Crippen LogP contribution in [0, 0.1) is 0 Å². The fourth-order valence-corrected chi connectivity index (χ4v) is 3.92. The van der Waals surface area contributed by atoms with Crippen LogP contribution in [0.15, 0.2) is 24.3 Å². The predicted molar refractivity (Wildman–Crippen MR) is 98.8 cm³/mol. The Bertz CT molecular complexity index is 551. The van der Waals surface area contributed by atoms with Crippen molar-refractivity contribution in [3.63, 3.8) is 0 Å². The van der Waals surface area contributed by atoms with Gasteiger partial charge >= 0.3 is 0 Å². The van der Waals surface area contributed by atoms with Gasteiger partial charge in [0.25, 0.3) is 0 Å². The number of halogens is 2. The second-order valence-electron chi connectivity index (χ2n) is 6.95. The molecule has 1 saturated carbocycles. The summed E-state index contributed by atoms with van der Waals surface area (Å²) in [5.74, 6) is -0.00479. The van der Waals surface area contributed by atoms with Crippen LogP contribution in [0.3, 0.4) is 0 Å². The average molecular weight is 373 g/mol. The number of nitrogens with two attached hydrogens (primary N) is 1. The molecule has 0 radical (unpaired) electrons. The minimum Gasteiger partial charge on any atom is -0.381 e. The SMILES string of the molecule is Cl.NC1(C(=O)NCC2(c3ccc(Cl)cc3)CCOCC2)CCCC1. The van der Waals surface area contributed by atoms with Crippen LogP contribution in [0.5, 0.6) is 0 Å². The molecule has 1 saturated heterocycles. The molecular weight excluding hydrogens is 347 g/mol. The van der Waals surface area contributed by atoms with Crippen LogP contribution in [0.1, 0.15) is 44.1 Å². The summed E-state index contributed by atoms with van der Waals surface area (Å²) in [4.78, 5) is 12.5. The molecule has 3 N–H and O–H groups in total. The second kappa shape index (κ2) is 8.05. The third-order valence-electron chi connectivity index (χ3n) is 5.44. The maximum atomic E-state index is 12.5. The topological polar surface area (TPSA) is 64.4 Å². The van der Waals surface area contributed by atoms with Crippen molar-refractivity contribution in [1.29, 1.82) is 0 Å². The first kappa shape index (κ1) is 19.5. The van der Waals surface area contributed by atoms with Crippen LogP contribution >= 0.6 is 24.0 Å². The summed E-state index contributed by atoms with van der Waals surface area (Å²) in [5, 5.41) is 3.86. The van der Waals surface area contributed by atoms with Crippen molar-refractivity contribution in [2.45, 2.75) is 49.5 Å². The molecule has 0 unspecified atom stereocenters. The van der Waals surface area contributed by atoms with Crippen LogP contribution in [0.2, 0.25) is 5.02 Å². The van der Waals surface area contributed by atoms with Gasteiger partial charge in [-0.1, -0.05) is 36.6 Å². The summed E-state index contributed by atoms with van der Waals surface area (Å²) < 4.78 is 5.53. The molecule has 3 rings (SSSR count). The monoisotopic (exact) mass is 372 g/mol. The van der Waals surface area contributed by atoms with Gasteiger partial charge < -0.3 is 15.8 Å². The summed E-state index contributed by atoms with van der Waals surface area (Å²) in [5.41, 5.74) is 6.71. The van der Waals surface area contributed by atoms with Crippen LogP contribution < -0.4 is 11.1 Å². The largest absolute Gasteiger partial charge is 0.381 e. The van der Waals surface area contributed by atoms with E-state index in [2.05, 4.69) is 17.4 Å². The number of amides is 1. The smallest absolute Gasteiger partial charge is 0.240 e. The van der Waals surface area contributed by atoms with Crippen LogP contribution in [-0.4, -0.2) is 31.2 Å². The highest BCUT2D eigenvalue weighted by Crippen LogP contribution is 2.35. The molecule has 4 nitrogen and oxygen atoms in total. The number of nitrogens with one attached hydrogen (secondary N) is 1. The van der Waals surface area contributed by atoms with Crippen LogP contribution in [-0.2, 0) is 14.9 Å². The number of ether oxygens (including phenoxy) is 1. The van der Waals surface area contributed by atoms with Gasteiger partial charge in [0.1, 0.15) is 0 Å². The van der Waals surface area contributed by atoms with Crippen LogP contribution in [0.25, 0.3) is 0 Å². The van der Waals surface area contributed by atoms with E-state index in [1.165, 1.54) is 5.56 Å². The highest BCUT2D eigenvalue weighted by Gasteiger charge is 2.40. The lowest BCUT2D eigenvalue weighted by molar-refractivity contribution is -0.126. The van der Waals surface area contributed by atoms with Gasteiger partial charge in [-0.05, 0) is 43.4 Å². The molecule has 0 spiro atoms. The Hall–Kier alpha value is -0.810. The van der Waals surface area contributed by atoms with Gasteiger partial charge in [0.2, 0.25) is 5.91 Å². The molecular formula is C18H26Cl2N2O2. The van der Waals surface area contributed by atoms with E-state index in [0.29, 0.717) is 19.8 Å². The number of carbonyl (C=O) groups excluding carboxylic acids is 1. The summed E-state index contributed by atoms with van der Waals surface area (Å²) in [6, 6.07) is 7.95. The lowest BCUT2D eigenvalue weighted by Crippen LogP contribution is -2.55. The minimum absolute atomic E-state index is 0. The number of benzene rings is 1. The Balaban J connectivity index is 0.00000208. The van der Waals surface area contributed by atoms with E-state index >= 15 is 0 Å². The first-order valence-electron chi connectivity index (χ1n) is 8.45. The van der Waals surface area contributed by atoms with Gasteiger partial charge in [-0.25, -0.2) is 0 Å². The highest BCUT2D eigenvalue weighted by molar-refractivity contribution is 6.30. The third-order valence-corrected chi connectivity index (χ3v) is 5.69. The zero-order valence-corrected chi connectivity index (χ0v) is 15.4. The van der Waals surface area contributed by atoms with Gasteiger partial charge in [0.05, 0.1) is 5.54 Å². The third kappa shape index (κ3) is 4.05. The molecule has 1 aliphatic heterocycles. The van der Waals surface area contributed by atoms with Gasteiger partial charge in [0, 0.05) is 30.2 Å². The fourth-order valence-electron chi connectivity index (χ4n) is 3.79. The molecule has 1 aromatic carbocycles. The van der Waals surface area contributed by atoms with Crippen molar-refractivity contribution in [1.82, 2.24) is 5.32 Å². The summed E-state index contributed by atoms with van der Waals surface area (Å²) >= 11 is 6.02. The first-order valence-corrected chi connectivity index (χ1v) is 8.83. The Morgan fingerprint density at radius 1 is 1.12 bits per heavy atom. The van der Waals surface area contributed by atoms with E-state index < -0.39 is 5.54 Å². The van der Waals surface area contributed by atoms with E-state index in [1.807, 2.05) is 12.1 Å². The number of hydrogen-bond donors (Lipinski definition) is 2. The molecule has 2 fully saturated rings. The van der Waals surface area contributed by atoms with Crippen molar-refractivity contribution in [3.8, 4) is 0 Å². The number of hydrogen-bond acceptors (Lipinski definition) is 3. The van der Waals surface area contributed by atoms with E-state index in [1.54, 1.807) is 0 Å². The Labute approximate surface area is 154 Å². The first-order chi connectivity index (χ1) is 11.0. The second-order valence-corrected chi connectivity index (χ2v) is 7.38. The molecule has 0 bridgehead atoms. The molecule has 6 heteroatoms. The lowest BCUT2D eigenvalue weighted by atomic mass is 9.74. The van der Waals surface area contributed by atoms with Gasteiger partial charge in [-0.2, -0.15) is 0 Å². The molecule has 1 aromatic rings. The highest BCUT2D eigenvalue weighted by atomic mass is 35.5. The standard InChI is InChI=1S/C18H25ClN2O2.ClH/c19-15-5-3-14(4-6-15)17(9-11-23-12-10-17)13-21-16(22)18(20)7-1-2-8-18;/h3-6H,1-2,7-13,20H2,(H,21,22);1H. The van der Waals surface area contributed by atoms with Crippen molar-refractivity contribution in [2.24, 2.45) is 5.73 Å². The summed E-state index contributed by atoms with van der Waals surface area (Å²) in [6.45, 7) is 2.04. The molecule has 134 valence electrons. The van der Waals surface area contributed by atoms with E-state index in [0.717, 1.165) is 43.5 Å². The summed E-state index contributed by atoms with van der Waals surface area (Å²) in [7, 11) is 0. The van der Waals surface area contributed by atoms with Crippen molar-refractivity contribution in [2.75, 3.05) is 19.8 Å². The minimum atomic E-state index is -0.674.